The minimum absolute atomic E-state index is 0.248. The van der Waals surface area contributed by atoms with Crippen molar-refractivity contribution in [2.75, 3.05) is 13.4 Å². The average Bonchev–Trinajstić information content (AvgIpc) is 3.48. The summed E-state index contributed by atoms with van der Waals surface area (Å²) in [6.07, 6.45) is 2.04. The predicted molar refractivity (Wildman–Crippen MR) is 147 cm³/mol. The Balaban J connectivity index is 1.48. The first-order valence-electron chi connectivity index (χ1n) is 12.3. The molecule has 0 aliphatic carbocycles. The molecule has 3 heterocycles. The van der Waals surface area contributed by atoms with Crippen LogP contribution in [0.2, 0.25) is 0 Å². The van der Waals surface area contributed by atoms with E-state index in [1.807, 2.05) is 25.3 Å². The Morgan fingerprint density at radius 3 is 2.79 bits per heavy atom. The number of halogens is 1. The topological polar surface area (TPSA) is 95.2 Å². The van der Waals surface area contributed by atoms with Gasteiger partial charge in [0.2, 0.25) is 0 Å². The number of hydrogen-bond acceptors (Lipinski definition) is 7. The van der Waals surface area contributed by atoms with Crippen LogP contribution in [0.1, 0.15) is 40.8 Å². The summed E-state index contributed by atoms with van der Waals surface area (Å²) in [6, 6.07) is 16.8. The molecule has 0 atom stereocenters. The van der Waals surface area contributed by atoms with Crippen molar-refractivity contribution in [2.24, 2.45) is 0 Å². The smallest absolute Gasteiger partial charge is 0.439 e. The minimum atomic E-state index is -0.645. The van der Waals surface area contributed by atoms with Gasteiger partial charge >= 0.3 is 5.76 Å². The standard InChI is InChI=1S/C29H25FN4O4S/c1-16(28-32-29(35)38-33-28)26-20-9-7-17(11-18(20)14-37-23-12-19(30)8-10-21(23)26)13-34-22-5-4-6-24(39-3)27(22)31-25(34)15-36-2/h4-12H,13-15H2,1-3H3,(H,32,33,35)/b26-16+. The second-order valence-electron chi connectivity index (χ2n) is 9.24. The van der Waals surface area contributed by atoms with Crippen LogP contribution in [0, 0.1) is 5.82 Å². The molecule has 198 valence electrons. The third-order valence-corrected chi connectivity index (χ3v) is 7.63. The first kappa shape index (κ1) is 25.1. The molecule has 0 saturated carbocycles. The highest BCUT2D eigenvalue weighted by Gasteiger charge is 2.24. The number of ether oxygens (including phenoxy) is 2. The Morgan fingerprint density at radius 2 is 2.03 bits per heavy atom. The molecular formula is C29H25FN4O4S. The molecule has 1 N–H and O–H groups in total. The van der Waals surface area contributed by atoms with Crippen LogP contribution >= 0.6 is 11.8 Å². The Kier molecular flexibility index (Phi) is 6.58. The number of aromatic amines is 1. The lowest BCUT2D eigenvalue weighted by molar-refractivity contribution is 0.175. The van der Waals surface area contributed by atoms with Gasteiger partial charge in [-0.05, 0) is 65.8 Å². The van der Waals surface area contributed by atoms with E-state index in [9.17, 15) is 9.18 Å². The first-order valence-corrected chi connectivity index (χ1v) is 13.5. The van der Waals surface area contributed by atoms with E-state index in [1.165, 1.54) is 12.1 Å². The highest BCUT2D eigenvalue weighted by atomic mass is 32.2. The summed E-state index contributed by atoms with van der Waals surface area (Å²) in [5.41, 5.74) is 7.04. The van der Waals surface area contributed by atoms with Gasteiger partial charge in [-0.1, -0.05) is 23.4 Å². The summed E-state index contributed by atoms with van der Waals surface area (Å²) in [6.45, 7) is 3.06. The van der Waals surface area contributed by atoms with Gasteiger partial charge in [0.05, 0.1) is 5.52 Å². The fourth-order valence-electron chi connectivity index (χ4n) is 5.08. The lowest BCUT2D eigenvalue weighted by Gasteiger charge is -2.15. The Labute approximate surface area is 227 Å². The molecule has 0 unspecified atom stereocenters. The zero-order chi connectivity index (χ0) is 27.1. The van der Waals surface area contributed by atoms with Gasteiger partial charge in [0.1, 0.15) is 36.1 Å². The third-order valence-electron chi connectivity index (χ3n) is 6.86. The molecule has 39 heavy (non-hydrogen) atoms. The summed E-state index contributed by atoms with van der Waals surface area (Å²) >= 11 is 1.66. The van der Waals surface area contributed by atoms with Crippen molar-refractivity contribution < 1.29 is 18.4 Å². The van der Waals surface area contributed by atoms with Gasteiger partial charge in [-0.3, -0.25) is 9.51 Å². The van der Waals surface area contributed by atoms with Crippen LogP contribution in [-0.4, -0.2) is 33.1 Å². The molecule has 2 aromatic heterocycles. The van der Waals surface area contributed by atoms with Gasteiger partial charge in [-0.25, -0.2) is 14.2 Å². The average molecular weight is 545 g/mol. The van der Waals surface area contributed by atoms with Crippen LogP contribution in [-0.2, 0) is 24.5 Å². The van der Waals surface area contributed by atoms with Crippen LogP contribution in [0.5, 0.6) is 5.75 Å². The number of rotatable bonds is 6. The number of nitrogens with one attached hydrogen (secondary N) is 1. The van der Waals surface area contributed by atoms with E-state index in [-0.39, 0.29) is 6.61 Å². The van der Waals surface area contributed by atoms with Crippen LogP contribution < -0.4 is 10.5 Å². The van der Waals surface area contributed by atoms with Gasteiger partial charge in [-0.2, -0.15) is 0 Å². The summed E-state index contributed by atoms with van der Waals surface area (Å²) < 4.78 is 32.7. The third kappa shape index (κ3) is 4.55. The lowest BCUT2D eigenvalue weighted by atomic mass is 9.89. The molecule has 0 fully saturated rings. The highest BCUT2D eigenvalue weighted by molar-refractivity contribution is 7.98. The van der Waals surface area contributed by atoms with Crippen LogP contribution in [0.3, 0.4) is 0 Å². The number of benzene rings is 3. The van der Waals surface area contributed by atoms with Crippen molar-refractivity contribution in [2.45, 2.75) is 31.6 Å². The molecule has 5 aromatic rings. The van der Waals surface area contributed by atoms with Crippen molar-refractivity contribution in [3.05, 3.63) is 105 Å². The SMILES string of the molecule is COCc1nc2c(SC)cccc2n1Cc1ccc2c(c1)COc1cc(F)ccc1/C2=C(\C)c1noc(=O)[nH]1. The van der Waals surface area contributed by atoms with Crippen LogP contribution in [0.25, 0.3) is 22.2 Å². The number of fused-ring (bicyclic) bond motifs is 3. The number of para-hydroxylation sites is 1. The van der Waals surface area contributed by atoms with Crippen molar-refractivity contribution in [3.8, 4) is 5.75 Å². The number of aromatic nitrogens is 4. The Morgan fingerprint density at radius 1 is 1.18 bits per heavy atom. The number of nitrogens with zero attached hydrogens (tertiary/aromatic N) is 3. The zero-order valence-corrected chi connectivity index (χ0v) is 22.4. The quantitative estimate of drug-likeness (QED) is 0.277. The molecule has 1 aliphatic rings. The number of imidazole rings is 1. The largest absolute Gasteiger partial charge is 0.488 e. The Hall–Kier alpha value is -4.15. The van der Waals surface area contributed by atoms with E-state index >= 15 is 0 Å². The molecule has 0 saturated heterocycles. The monoisotopic (exact) mass is 544 g/mol. The molecular weight excluding hydrogens is 519 g/mol. The maximum Gasteiger partial charge on any atom is 0.439 e. The molecule has 0 amide bonds. The molecule has 0 radical (unpaired) electrons. The zero-order valence-electron chi connectivity index (χ0n) is 21.6. The molecule has 0 spiro atoms. The number of methoxy groups -OCH3 is 1. The lowest BCUT2D eigenvalue weighted by Crippen LogP contribution is -2.07. The maximum absolute atomic E-state index is 14.2. The van der Waals surface area contributed by atoms with E-state index < -0.39 is 11.6 Å². The van der Waals surface area contributed by atoms with Gasteiger partial charge in [0.15, 0.2) is 5.82 Å². The summed E-state index contributed by atoms with van der Waals surface area (Å²) in [7, 11) is 1.66. The maximum atomic E-state index is 14.2. The first-order chi connectivity index (χ1) is 19.0. The van der Waals surface area contributed by atoms with Gasteiger partial charge in [0.25, 0.3) is 0 Å². The van der Waals surface area contributed by atoms with E-state index in [1.54, 1.807) is 24.9 Å². The van der Waals surface area contributed by atoms with E-state index in [4.69, 9.17) is 19.0 Å². The van der Waals surface area contributed by atoms with E-state index in [0.717, 1.165) is 44.0 Å². The number of hydrogen-bond donors (Lipinski definition) is 1. The summed E-state index contributed by atoms with van der Waals surface area (Å²) in [5.74, 6) is 0.527. The van der Waals surface area contributed by atoms with Crippen molar-refractivity contribution in [1.82, 2.24) is 19.7 Å². The molecule has 6 rings (SSSR count). The van der Waals surface area contributed by atoms with Gasteiger partial charge < -0.3 is 14.0 Å². The second kappa shape index (κ2) is 10.2. The fourth-order valence-corrected chi connectivity index (χ4v) is 5.64. The predicted octanol–water partition coefficient (Wildman–Crippen LogP) is 5.64. The van der Waals surface area contributed by atoms with E-state index in [0.29, 0.717) is 35.9 Å². The molecule has 10 heteroatoms. The van der Waals surface area contributed by atoms with Crippen LogP contribution in [0.4, 0.5) is 4.39 Å². The number of thioether (sulfide) groups is 1. The van der Waals surface area contributed by atoms with Crippen molar-refractivity contribution >= 4 is 33.9 Å². The molecule has 0 bridgehead atoms. The van der Waals surface area contributed by atoms with Gasteiger partial charge in [0, 0.05) is 35.8 Å². The van der Waals surface area contributed by atoms with Crippen molar-refractivity contribution in [1.29, 1.82) is 0 Å². The molecule has 8 nitrogen and oxygen atoms in total. The molecule has 1 aliphatic heterocycles. The van der Waals surface area contributed by atoms with Gasteiger partial charge in [-0.15, -0.1) is 11.8 Å². The highest BCUT2D eigenvalue weighted by Crippen LogP contribution is 2.41. The second-order valence-corrected chi connectivity index (χ2v) is 10.1. The Bertz CT molecular complexity index is 1800. The van der Waals surface area contributed by atoms with Crippen molar-refractivity contribution in [3.63, 3.8) is 0 Å². The normalized spacial score (nSPS) is 14.1. The number of allylic oxidation sites excluding steroid dienone is 1. The van der Waals surface area contributed by atoms with Crippen LogP contribution in [0.15, 0.2) is 68.8 Å². The minimum Gasteiger partial charge on any atom is -0.488 e. The molecule has 3 aromatic carbocycles. The fraction of sp³-hybridized carbons (Fsp3) is 0.207. The summed E-state index contributed by atoms with van der Waals surface area (Å²) in [5, 5.41) is 3.88. The number of H-pyrrole nitrogens is 1. The van der Waals surface area contributed by atoms with E-state index in [2.05, 4.69) is 39.0 Å². The summed E-state index contributed by atoms with van der Waals surface area (Å²) in [4.78, 5) is 20.3.